The molecule has 0 unspecified atom stereocenters. The van der Waals surface area contributed by atoms with Crippen LogP contribution in [0.4, 0.5) is 0 Å². The monoisotopic (exact) mass is 436 g/mol. The molecule has 0 spiro atoms. The van der Waals surface area contributed by atoms with Crippen LogP contribution >= 0.6 is 11.6 Å². The molecule has 0 aromatic heterocycles. The molecule has 1 saturated heterocycles. The van der Waals surface area contributed by atoms with Crippen LogP contribution < -0.4 is 10.1 Å². The van der Waals surface area contributed by atoms with Gasteiger partial charge < -0.3 is 10.1 Å². The zero-order valence-electron chi connectivity index (χ0n) is 16.5. The lowest BCUT2D eigenvalue weighted by atomic mass is 10.2. The number of halogens is 1. The number of sulfonamides is 1. The molecule has 0 bridgehead atoms. The van der Waals surface area contributed by atoms with Crippen molar-refractivity contribution in [3.8, 4) is 5.75 Å². The summed E-state index contributed by atoms with van der Waals surface area (Å²) in [6.07, 6.45) is 1.13. The molecule has 0 radical (unpaired) electrons. The fraction of sp³-hybridized carbons (Fsp3) is 0.381. The third-order valence-corrected chi connectivity index (χ3v) is 7.01. The van der Waals surface area contributed by atoms with E-state index in [-0.39, 0.29) is 16.8 Å². The number of ether oxygens (including phenoxy) is 1. The van der Waals surface area contributed by atoms with Crippen LogP contribution in [0.5, 0.6) is 5.75 Å². The molecule has 29 heavy (non-hydrogen) atoms. The van der Waals surface area contributed by atoms with Crippen molar-refractivity contribution in [2.24, 2.45) is 0 Å². The summed E-state index contributed by atoms with van der Waals surface area (Å²) in [5, 5.41) is 3.34. The van der Waals surface area contributed by atoms with Crippen LogP contribution in [-0.2, 0) is 14.8 Å². The quantitative estimate of drug-likeness (QED) is 0.721. The largest absolute Gasteiger partial charge is 0.491 e. The molecule has 1 fully saturated rings. The molecular weight excluding hydrogens is 412 g/mol. The third-order valence-electron chi connectivity index (χ3n) is 4.84. The van der Waals surface area contributed by atoms with Crippen molar-refractivity contribution in [3.63, 3.8) is 0 Å². The molecule has 1 aliphatic heterocycles. The maximum Gasteiger partial charge on any atom is 0.243 e. The molecule has 2 aromatic carbocycles. The number of nitrogens with zero attached hydrogens (tertiary/aromatic N) is 1. The van der Waals surface area contributed by atoms with Gasteiger partial charge in [-0.05, 0) is 63.1 Å². The van der Waals surface area contributed by atoms with Gasteiger partial charge in [0.15, 0.2) is 0 Å². The molecule has 3 rings (SSSR count). The van der Waals surface area contributed by atoms with Crippen LogP contribution in [0.2, 0.25) is 5.02 Å². The Labute approximate surface area is 176 Å². The Bertz CT molecular complexity index is 946. The predicted octanol–water partition coefficient (Wildman–Crippen LogP) is 3.39. The molecule has 8 heteroatoms. The molecular formula is C21H25ClN2O4S. The van der Waals surface area contributed by atoms with E-state index in [1.165, 1.54) is 28.6 Å². The molecule has 0 aliphatic carbocycles. The fourth-order valence-electron chi connectivity index (χ4n) is 3.27. The molecule has 1 amide bonds. The van der Waals surface area contributed by atoms with E-state index in [1.54, 1.807) is 0 Å². The fourth-order valence-corrected chi connectivity index (χ4v) is 5.05. The average Bonchev–Trinajstić information content (AvgIpc) is 3.19. The van der Waals surface area contributed by atoms with Crippen LogP contribution in [0, 0.1) is 6.92 Å². The highest BCUT2D eigenvalue weighted by Gasteiger charge is 2.39. The summed E-state index contributed by atoms with van der Waals surface area (Å²) >= 11 is 5.86. The Kier molecular flexibility index (Phi) is 6.82. The molecule has 156 valence electrons. The van der Waals surface area contributed by atoms with Gasteiger partial charge in [0.05, 0.1) is 10.9 Å². The van der Waals surface area contributed by atoms with Crippen molar-refractivity contribution in [2.45, 2.75) is 43.7 Å². The van der Waals surface area contributed by atoms with Gasteiger partial charge in [-0.25, -0.2) is 8.42 Å². The number of aryl methyl sites for hydroxylation is 1. The van der Waals surface area contributed by atoms with Crippen LogP contribution in [0.25, 0.3) is 0 Å². The van der Waals surface area contributed by atoms with Crippen molar-refractivity contribution in [2.75, 3.05) is 13.2 Å². The highest BCUT2D eigenvalue weighted by Crippen LogP contribution is 2.27. The summed E-state index contributed by atoms with van der Waals surface area (Å²) in [6.45, 7) is 4.44. The highest BCUT2D eigenvalue weighted by molar-refractivity contribution is 7.89. The Morgan fingerprint density at radius 1 is 1.21 bits per heavy atom. The van der Waals surface area contributed by atoms with Crippen molar-refractivity contribution >= 4 is 27.5 Å². The van der Waals surface area contributed by atoms with Crippen LogP contribution in [0.1, 0.15) is 25.3 Å². The summed E-state index contributed by atoms with van der Waals surface area (Å²) in [5.74, 6) is 0.421. The number of amides is 1. The highest BCUT2D eigenvalue weighted by atomic mass is 35.5. The average molecular weight is 437 g/mol. The maximum absolute atomic E-state index is 13.0. The first-order valence-corrected chi connectivity index (χ1v) is 11.4. The van der Waals surface area contributed by atoms with Crippen LogP contribution in [0.15, 0.2) is 53.4 Å². The Morgan fingerprint density at radius 3 is 2.52 bits per heavy atom. The van der Waals surface area contributed by atoms with Crippen LogP contribution in [0.3, 0.4) is 0 Å². The van der Waals surface area contributed by atoms with E-state index >= 15 is 0 Å². The molecule has 1 heterocycles. The number of hydrogen-bond acceptors (Lipinski definition) is 4. The van der Waals surface area contributed by atoms with E-state index in [2.05, 4.69) is 5.32 Å². The van der Waals surface area contributed by atoms with Gasteiger partial charge in [-0.3, -0.25) is 4.79 Å². The number of benzene rings is 2. The molecule has 6 nitrogen and oxygen atoms in total. The third kappa shape index (κ3) is 5.29. The van der Waals surface area contributed by atoms with Gasteiger partial charge in [-0.1, -0.05) is 29.3 Å². The second-order valence-electron chi connectivity index (χ2n) is 7.26. The summed E-state index contributed by atoms with van der Waals surface area (Å²) in [5.41, 5.74) is 1.14. The predicted molar refractivity (Wildman–Crippen MR) is 113 cm³/mol. The van der Waals surface area contributed by atoms with E-state index in [4.69, 9.17) is 16.3 Å². The van der Waals surface area contributed by atoms with E-state index in [0.717, 1.165) is 11.3 Å². The zero-order chi connectivity index (χ0) is 21.0. The van der Waals surface area contributed by atoms with Gasteiger partial charge >= 0.3 is 0 Å². The molecule has 1 N–H and O–H groups in total. The number of carbonyl (C=O) groups excluding carboxylic acids is 1. The van der Waals surface area contributed by atoms with Gasteiger partial charge in [-0.15, -0.1) is 0 Å². The minimum absolute atomic E-state index is 0.136. The lowest BCUT2D eigenvalue weighted by molar-refractivity contribution is -0.125. The first-order chi connectivity index (χ1) is 13.8. The van der Waals surface area contributed by atoms with E-state index in [9.17, 15) is 13.2 Å². The minimum atomic E-state index is -3.76. The van der Waals surface area contributed by atoms with Crippen LogP contribution in [-0.4, -0.2) is 43.9 Å². The second kappa shape index (κ2) is 9.15. The smallest absolute Gasteiger partial charge is 0.243 e. The van der Waals surface area contributed by atoms with Gasteiger partial charge in [-0.2, -0.15) is 4.31 Å². The van der Waals surface area contributed by atoms with Gasteiger partial charge in [0, 0.05) is 11.6 Å². The number of carbonyl (C=O) groups is 1. The summed E-state index contributed by atoms with van der Waals surface area (Å²) in [7, 11) is -3.76. The Morgan fingerprint density at radius 2 is 1.86 bits per heavy atom. The molecule has 2 atom stereocenters. The number of hydrogen-bond donors (Lipinski definition) is 1. The maximum atomic E-state index is 13.0. The van der Waals surface area contributed by atoms with Gasteiger partial charge in [0.25, 0.3) is 0 Å². The van der Waals surface area contributed by atoms with Gasteiger partial charge in [0.1, 0.15) is 18.4 Å². The van der Waals surface area contributed by atoms with Crippen molar-refractivity contribution in [3.05, 3.63) is 59.1 Å². The SMILES string of the molecule is Cc1ccc(OC[C@@H](C)NC(=O)[C@H]2CCCN2S(=O)(=O)c2ccc(Cl)cc2)cc1. The zero-order valence-corrected chi connectivity index (χ0v) is 18.0. The van der Waals surface area contributed by atoms with Crippen molar-refractivity contribution in [1.29, 1.82) is 0 Å². The standard InChI is InChI=1S/C21H25ClN2O4S/c1-15-5-9-18(10-6-15)28-14-16(2)23-21(25)20-4-3-13-24(20)29(26,27)19-11-7-17(22)8-12-19/h5-12,16,20H,3-4,13-14H2,1-2H3,(H,23,25)/t16-,20-/m1/s1. The number of nitrogens with one attached hydrogen (secondary N) is 1. The number of rotatable bonds is 7. The summed E-state index contributed by atoms with van der Waals surface area (Å²) < 4.78 is 32.9. The van der Waals surface area contributed by atoms with E-state index in [1.807, 2.05) is 38.1 Å². The minimum Gasteiger partial charge on any atom is -0.491 e. The lowest BCUT2D eigenvalue weighted by Crippen LogP contribution is -2.49. The normalized spacial score (nSPS) is 18.4. The Balaban J connectivity index is 1.61. The van der Waals surface area contributed by atoms with Gasteiger partial charge in [0.2, 0.25) is 15.9 Å². The van der Waals surface area contributed by atoms with Crippen molar-refractivity contribution in [1.82, 2.24) is 9.62 Å². The van der Waals surface area contributed by atoms with E-state index in [0.29, 0.717) is 31.0 Å². The molecule has 1 aliphatic rings. The Hall–Kier alpha value is -2.09. The molecule has 2 aromatic rings. The second-order valence-corrected chi connectivity index (χ2v) is 9.59. The van der Waals surface area contributed by atoms with Crippen molar-refractivity contribution < 1.29 is 17.9 Å². The first kappa shape index (κ1) is 21.6. The lowest BCUT2D eigenvalue weighted by Gasteiger charge is -2.25. The summed E-state index contributed by atoms with van der Waals surface area (Å²) in [4.78, 5) is 12.9. The topological polar surface area (TPSA) is 75.7 Å². The molecule has 0 saturated carbocycles. The van der Waals surface area contributed by atoms with E-state index < -0.39 is 16.1 Å². The summed E-state index contributed by atoms with van der Waals surface area (Å²) in [6, 6.07) is 12.7. The first-order valence-electron chi connectivity index (χ1n) is 9.54.